The number of hydrogen-bond donors (Lipinski definition) is 1. The molecular formula is C16H32N2. The summed E-state index contributed by atoms with van der Waals surface area (Å²) in [5.74, 6) is 2.68. The van der Waals surface area contributed by atoms with Crippen molar-refractivity contribution in [1.29, 1.82) is 0 Å². The van der Waals surface area contributed by atoms with Crippen LogP contribution in [0.2, 0.25) is 0 Å². The van der Waals surface area contributed by atoms with E-state index in [9.17, 15) is 0 Å². The molecule has 0 spiro atoms. The van der Waals surface area contributed by atoms with Gasteiger partial charge < -0.3 is 5.32 Å². The fourth-order valence-electron chi connectivity index (χ4n) is 4.26. The Kier molecular flexibility index (Phi) is 5.50. The third-order valence-electron chi connectivity index (χ3n) is 5.20. The monoisotopic (exact) mass is 252 g/mol. The van der Waals surface area contributed by atoms with Crippen LogP contribution in [0.1, 0.15) is 52.9 Å². The van der Waals surface area contributed by atoms with Gasteiger partial charge in [0, 0.05) is 12.6 Å². The van der Waals surface area contributed by atoms with Gasteiger partial charge in [0.15, 0.2) is 0 Å². The number of hydrogen-bond acceptors (Lipinski definition) is 2. The van der Waals surface area contributed by atoms with E-state index >= 15 is 0 Å². The van der Waals surface area contributed by atoms with Crippen molar-refractivity contribution in [2.24, 2.45) is 17.8 Å². The molecule has 0 amide bonds. The molecule has 2 fully saturated rings. The molecule has 2 aliphatic rings. The Bertz CT molecular complexity index is 225. The van der Waals surface area contributed by atoms with Gasteiger partial charge in [0.1, 0.15) is 0 Å². The molecule has 0 radical (unpaired) electrons. The van der Waals surface area contributed by atoms with Crippen molar-refractivity contribution in [2.45, 2.75) is 58.9 Å². The fourth-order valence-corrected chi connectivity index (χ4v) is 4.26. The first-order chi connectivity index (χ1) is 8.72. The number of rotatable bonds is 4. The lowest BCUT2D eigenvalue weighted by molar-refractivity contribution is 0.0568. The highest BCUT2D eigenvalue weighted by molar-refractivity contribution is 4.87. The summed E-state index contributed by atoms with van der Waals surface area (Å²) >= 11 is 0. The zero-order valence-electron chi connectivity index (χ0n) is 12.6. The third-order valence-corrected chi connectivity index (χ3v) is 5.20. The van der Waals surface area contributed by atoms with Gasteiger partial charge in [-0.2, -0.15) is 0 Å². The summed E-state index contributed by atoms with van der Waals surface area (Å²) in [5, 5.41) is 3.56. The maximum atomic E-state index is 3.56. The fraction of sp³-hybridized carbons (Fsp3) is 1.00. The zero-order valence-corrected chi connectivity index (χ0v) is 12.6. The van der Waals surface area contributed by atoms with Crippen LogP contribution in [0.4, 0.5) is 0 Å². The first-order valence-electron chi connectivity index (χ1n) is 8.17. The van der Waals surface area contributed by atoms with E-state index in [1.165, 1.54) is 58.3 Å². The van der Waals surface area contributed by atoms with E-state index in [0.29, 0.717) is 0 Å². The maximum Gasteiger partial charge on any atom is 0.0146 e. The van der Waals surface area contributed by atoms with Crippen molar-refractivity contribution in [2.75, 3.05) is 26.2 Å². The molecule has 1 aliphatic heterocycles. The van der Waals surface area contributed by atoms with Crippen LogP contribution in [0.3, 0.4) is 0 Å². The highest BCUT2D eigenvalue weighted by Crippen LogP contribution is 2.33. The molecule has 2 nitrogen and oxygen atoms in total. The third kappa shape index (κ3) is 3.48. The van der Waals surface area contributed by atoms with Crippen LogP contribution in [0.15, 0.2) is 0 Å². The Morgan fingerprint density at radius 3 is 2.33 bits per heavy atom. The van der Waals surface area contributed by atoms with E-state index in [1.54, 1.807) is 0 Å². The molecule has 3 unspecified atom stereocenters. The molecule has 0 bridgehead atoms. The summed E-state index contributed by atoms with van der Waals surface area (Å²) in [6.45, 7) is 12.3. The molecular weight excluding hydrogens is 220 g/mol. The van der Waals surface area contributed by atoms with Crippen molar-refractivity contribution in [1.82, 2.24) is 10.2 Å². The predicted octanol–water partition coefficient (Wildman–Crippen LogP) is 3.13. The topological polar surface area (TPSA) is 15.3 Å². The van der Waals surface area contributed by atoms with Gasteiger partial charge in [-0.3, -0.25) is 4.90 Å². The summed E-state index contributed by atoms with van der Waals surface area (Å²) in [5.41, 5.74) is 0. The molecule has 1 saturated carbocycles. The van der Waals surface area contributed by atoms with Gasteiger partial charge in [-0.1, -0.05) is 27.2 Å². The molecule has 18 heavy (non-hydrogen) atoms. The minimum Gasteiger partial charge on any atom is -0.316 e. The standard InChI is InChI=1S/C16H32N2/c1-4-18(12-15-9-6-10-17-11-15)16-13(2)7-5-8-14(16)3/h13-17H,4-12H2,1-3H3. The van der Waals surface area contributed by atoms with Crippen LogP contribution in [-0.2, 0) is 0 Å². The SMILES string of the molecule is CCN(CC1CCCNC1)C1C(C)CCCC1C. The second-order valence-corrected chi connectivity index (χ2v) is 6.68. The number of nitrogens with zero attached hydrogens (tertiary/aromatic N) is 1. The van der Waals surface area contributed by atoms with Crippen LogP contribution in [-0.4, -0.2) is 37.1 Å². The quantitative estimate of drug-likeness (QED) is 0.827. The van der Waals surface area contributed by atoms with Gasteiger partial charge in [-0.25, -0.2) is 0 Å². The number of piperidine rings is 1. The van der Waals surface area contributed by atoms with Crippen molar-refractivity contribution in [3.05, 3.63) is 0 Å². The summed E-state index contributed by atoms with van der Waals surface area (Å²) in [4.78, 5) is 2.80. The average Bonchev–Trinajstić information content (AvgIpc) is 2.38. The Balaban J connectivity index is 1.93. The minimum absolute atomic E-state index is 0.839. The van der Waals surface area contributed by atoms with E-state index in [0.717, 1.165) is 23.8 Å². The lowest BCUT2D eigenvalue weighted by atomic mass is 9.77. The molecule has 0 aromatic rings. The first kappa shape index (κ1) is 14.3. The lowest BCUT2D eigenvalue weighted by Gasteiger charge is -2.44. The first-order valence-corrected chi connectivity index (χ1v) is 8.17. The Labute approximate surface area is 114 Å². The summed E-state index contributed by atoms with van der Waals surface area (Å²) < 4.78 is 0. The van der Waals surface area contributed by atoms with Crippen molar-refractivity contribution < 1.29 is 0 Å². The van der Waals surface area contributed by atoms with Gasteiger partial charge in [0.25, 0.3) is 0 Å². The van der Waals surface area contributed by atoms with E-state index in [2.05, 4.69) is 31.0 Å². The molecule has 0 aromatic carbocycles. The molecule has 1 saturated heterocycles. The molecule has 2 heteroatoms. The average molecular weight is 252 g/mol. The van der Waals surface area contributed by atoms with Crippen LogP contribution < -0.4 is 5.32 Å². The Hall–Kier alpha value is -0.0800. The van der Waals surface area contributed by atoms with Crippen LogP contribution in [0.5, 0.6) is 0 Å². The minimum atomic E-state index is 0.839. The lowest BCUT2D eigenvalue weighted by Crippen LogP contribution is -2.49. The van der Waals surface area contributed by atoms with Gasteiger partial charge >= 0.3 is 0 Å². The molecule has 1 aliphatic carbocycles. The van der Waals surface area contributed by atoms with Gasteiger partial charge in [-0.05, 0) is 63.1 Å². The molecule has 1 heterocycles. The highest BCUT2D eigenvalue weighted by atomic mass is 15.2. The normalized spacial score (nSPS) is 38.0. The van der Waals surface area contributed by atoms with Crippen LogP contribution in [0.25, 0.3) is 0 Å². The smallest absolute Gasteiger partial charge is 0.0146 e. The van der Waals surface area contributed by atoms with Crippen molar-refractivity contribution in [3.63, 3.8) is 0 Å². The second-order valence-electron chi connectivity index (χ2n) is 6.68. The number of nitrogens with one attached hydrogen (secondary N) is 1. The van der Waals surface area contributed by atoms with Crippen molar-refractivity contribution >= 4 is 0 Å². The van der Waals surface area contributed by atoms with Gasteiger partial charge in [0.05, 0.1) is 0 Å². The molecule has 1 N–H and O–H groups in total. The highest BCUT2D eigenvalue weighted by Gasteiger charge is 2.32. The predicted molar refractivity (Wildman–Crippen MR) is 78.8 cm³/mol. The van der Waals surface area contributed by atoms with E-state index in [4.69, 9.17) is 0 Å². The Morgan fingerprint density at radius 1 is 1.06 bits per heavy atom. The maximum absolute atomic E-state index is 3.56. The van der Waals surface area contributed by atoms with E-state index < -0.39 is 0 Å². The Morgan fingerprint density at radius 2 is 1.78 bits per heavy atom. The van der Waals surface area contributed by atoms with E-state index in [1.807, 2.05) is 0 Å². The molecule has 3 atom stereocenters. The van der Waals surface area contributed by atoms with Gasteiger partial charge in [0.2, 0.25) is 0 Å². The largest absolute Gasteiger partial charge is 0.316 e. The molecule has 0 aromatic heterocycles. The van der Waals surface area contributed by atoms with E-state index in [-0.39, 0.29) is 0 Å². The summed E-state index contributed by atoms with van der Waals surface area (Å²) in [6.07, 6.45) is 7.13. The van der Waals surface area contributed by atoms with Crippen LogP contribution >= 0.6 is 0 Å². The van der Waals surface area contributed by atoms with Crippen molar-refractivity contribution in [3.8, 4) is 0 Å². The van der Waals surface area contributed by atoms with Crippen LogP contribution in [0, 0.1) is 17.8 Å². The zero-order chi connectivity index (χ0) is 13.0. The second kappa shape index (κ2) is 6.91. The van der Waals surface area contributed by atoms with Gasteiger partial charge in [-0.15, -0.1) is 0 Å². The summed E-state index contributed by atoms with van der Waals surface area (Å²) in [6, 6.07) is 0.839. The summed E-state index contributed by atoms with van der Waals surface area (Å²) in [7, 11) is 0. The molecule has 2 rings (SSSR count). The molecule has 106 valence electrons.